The van der Waals surface area contributed by atoms with Crippen molar-refractivity contribution in [2.45, 2.75) is 51.0 Å². The van der Waals surface area contributed by atoms with E-state index in [-0.39, 0.29) is 12.0 Å². The third kappa shape index (κ3) is 5.63. The number of rotatable bonds is 8. The number of nitrogens with zero attached hydrogens (tertiary/aromatic N) is 1. The molecule has 4 heteroatoms. The van der Waals surface area contributed by atoms with Crippen LogP contribution in [0.1, 0.15) is 44.9 Å². The molecule has 1 atom stereocenters. The molecule has 0 aromatic heterocycles. The molecule has 0 radical (unpaired) electrons. The number of carbonyl (C=O) groups excluding carboxylic acids is 1. The van der Waals surface area contributed by atoms with Crippen molar-refractivity contribution in [1.29, 1.82) is 0 Å². The predicted molar refractivity (Wildman–Crippen MR) is 80.4 cm³/mol. The molecule has 2 aliphatic rings. The van der Waals surface area contributed by atoms with Gasteiger partial charge in [-0.1, -0.05) is 11.6 Å². The first-order chi connectivity index (χ1) is 9.65. The molecule has 0 heterocycles. The standard InChI is InChI=1S/C16H28N2O2/c1-18(11-15(19)14-7-8-14)12-16(20)17-10-9-13-5-3-2-4-6-13/h5,14-15,19H,2-4,6-12H2,1H3,(H,17,20). The van der Waals surface area contributed by atoms with E-state index < -0.39 is 0 Å². The lowest BCUT2D eigenvalue weighted by Crippen LogP contribution is -2.39. The fourth-order valence-electron chi connectivity index (χ4n) is 2.81. The molecule has 2 aliphatic carbocycles. The Morgan fingerprint density at radius 1 is 1.50 bits per heavy atom. The summed E-state index contributed by atoms with van der Waals surface area (Å²) in [5, 5.41) is 12.8. The summed E-state index contributed by atoms with van der Waals surface area (Å²) >= 11 is 0. The lowest BCUT2D eigenvalue weighted by Gasteiger charge is -2.20. The maximum atomic E-state index is 11.8. The van der Waals surface area contributed by atoms with Crippen molar-refractivity contribution in [1.82, 2.24) is 10.2 Å². The summed E-state index contributed by atoms with van der Waals surface area (Å²) < 4.78 is 0. The second-order valence-corrected chi connectivity index (χ2v) is 6.31. The molecule has 0 saturated heterocycles. The zero-order chi connectivity index (χ0) is 14.4. The van der Waals surface area contributed by atoms with Crippen LogP contribution in [0.2, 0.25) is 0 Å². The summed E-state index contributed by atoms with van der Waals surface area (Å²) in [6.07, 6.45) is 10.3. The van der Waals surface area contributed by atoms with Crippen molar-refractivity contribution in [2.75, 3.05) is 26.7 Å². The molecule has 114 valence electrons. The number of aliphatic hydroxyl groups is 1. The number of likely N-dealkylation sites (N-methyl/N-ethyl adjacent to an activating group) is 1. The number of carbonyl (C=O) groups is 1. The highest BCUT2D eigenvalue weighted by atomic mass is 16.3. The van der Waals surface area contributed by atoms with Gasteiger partial charge in [0, 0.05) is 13.1 Å². The predicted octanol–water partition coefficient (Wildman–Crippen LogP) is 1.70. The second kappa shape index (κ2) is 7.79. The molecule has 0 aromatic rings. The van der Waals surface area contributed by atoms with Crippen molar-refractivity contribution in [2.24, 2.45) is 5.92 Å². The zero-order valence-electron chi connectivity index (χ0n) is 12.6. The molecular weight excluding hydrogens is 252 g/mol. The number of amides is 1. The van der Waals surface area contributed by atoms with Crippen molar-refractivity contribution in [3.05, 3.63) is 11.6 Å². The van der Waals surface area contributed by atoms with E-state index >= 15 is 0 Å². The normalized spacial score (nSPS) is 20.6. The number of nitrogens with one attached hydrogen (secondary N) is 1. The minimum atomic E-state index is -0.264. The van der Waals surface area contributed by atoms with E-state index in [2.05, 4.69) is 11.4 Å². The third-order valence-electron chi connectivity index (χ3n) is 4.23. The Hall–Kier alpha value is -0.870. The molecule has 2 rings (SSSR count). The van der Waals surface area contributed by atoms with Gasteiger partial charge in [0.15, 0.2) is 0 Å². The maximum Gasteiger partial charge on any atom is 0.234 e. The van der Waals surface area contributed by atoms with Gasteiger partial charge in [0.2, 0.25) is 5.91 Å². The lowest BCUT2D eigenvalue weighted by atomic mass is 9.97. The van der Waals surface area contributed by atoms with Gasteiger partial charge in [0.05, 0.1) is 12.6 Å². The molecule has 0 aliphatic heterocycles. The van der Waals surface area contributed by atoms with E-state index in [1.165, 1.54) is 31.3 Å². The van der Waals surface area contributed by atoms with Crippen LogP contribution in [0.3, 0.4) is 0 Å². The molecule has 1 unspecified atom stereocenters. The summed E-state index contributed by atoms with van der Waals surface area (Å²) in [6.45, 7) is 1.72. The lowest BCUT2D eigenvalue weighted by molar-refractivity contribution is -0.122. The van der Waals surface area contributed by atoms with Crippen LogP contribution >= 0.6 is 0 Å². The second-order valence-electron chi connectivity index (χ2n) is 6.31. The molecule has 1 saturated carbocycles. The van der Waals surface area contributed by atoms with Crippen LogP contribution in [-0.4, -0.2) is 48.7 Å². The van der Waals surface area contributed by atoms with Gasteiger partial charge in [-0.25, -0.2) is 0 Å². The van der Waals surface area contributed by atoms with Gasteiger partial charge in [-0.05, 0) is 57.9 Å². The van der Waals surface area contributed by atoms with E-state index in [1.807, 2.05) is 11.9 Å². The maximum absolute atomic E-state index is 11.8. The van der Waals surface area contributed by atoms with Gasteiger partial charge in [-0.3, -0.25) is 9.69 Å². The molecule has 0 spiro atoms. The highest BCUT2D eigenvalue weighted by Gasteiger charge is 2.30. The number of allylic oxidation sites excluding steroid dienone is 1. The molecule has 2 N–H and O–H groups in total. The van der Waals surface area contributed by atoms with Gasteiger partial charge in [-0.15, -0.1) is 0 Å². The Morgan fingerprint density at radius 2 is 2.30 bits per heavy atom. The van der Waals surface area contributed by atoms with Crippen molar-refractivity contribution >= 4 is 5.91 Å². The summed E-state index contributed by atoms with van der Waals surface area (Å²) in [6, 6.07) is 0. The first-order valence-corrected chi connectivity index (χ1v) is 7.96. The minimum absolute atomic E-state index is 0.0620. The van der Waals surface area contributed by atoms with Crippen LogP contribution < -0.4 is 5.32 Å². The number of aliphatic hydroxyl groups excluding tert-OH is 1. The quantitative estimate of drug-likeness (QED) is 0.665. The first-order valence-electron chi connectivity index (χ1n) is 7.96. The third-order valence-corrected chi connectivity index (χ3v) is 4.23. The Morgan fingerprint density at radius 3 is 2.95 bits per heavy atom. The largest absolute Gasteiger partial charge is 0.392 e. The monoisotopic (exact) mass is 280 g/mol. The van der Waals surface area contributed by atoms with E-state index in [0.717, 1.165) is 25.8 Å². The van der Waals surface area contributed by atoms with Crippen LogP contribution in [0.5, 0.6) is 0 Å². The van der Waals surface area contributed by atoms with Crippen LogP contribution in [0.15, 0.2) is 11.6 Å². The first kappa shape index (κ1) is 15.5. The topological polar surface area (TPSA) is 52.6 Å². The van der Waals surface area contributed by atoms with Gasteiger partial charge < -0.3 is 10.4 Å². The average Bonchev–Trinajstić information content (AvgIpc) is 3.24. The van der Waals surface area contributed by atoms with Gasteiger partial charge in [0.1, 0.15) is 0 Å². The van der Waals surface area contributed by atoms with E-state index in [0.29, 0.717) is 19.0 Å². The van der Waals surface area contributed by atoms with E-state index in [4.69, 9.17) is 0 Å². The zero-order valence-corrected chi connectivity index (χ0v) is 12.6. The SMILES string of the molecule is CN(CC(=O)NCCC1=CCCCC1)CC(O)C1CC1. The van der Waals surface area contributed by atoms with Crippen molar-refractivity contribution < 1.29 is 9.90 Å². The number of hydrogen-bond acceptors (Lipinski definition) is 3. The Bertz CT molecular complexity index is 350. The minimum Gasteiger partial charge on any atom is -0.392 e. The smallest absolute Gasteiger partial charge is 0.234 e. The summed E-state index contributed by atoms with van der Waals surface area (Å²) in [4.78, 5) is 13.7. The molecule has 1 fully saturated rings. The molecule has 0 bridgehead atoms. The van der Waals surface area contributed by atoms with Crippen molar-refractivity contribution in [3.63, 3.8) is 0 Å². The Kier molecular flexibility index (Phi) is 6.05. The average molecular weight is 280 g/mol. The number of hydrogen-bond donors (Lipinski definition) is 2. The highest BCUT2D eigenvalue weighted by Crippen LogP contribution is 2.32. The Labute approximate surface area is 122 Å². The summed E-state index contributed by atoms with van der Waals surface area (Å²) in [5.74, 6) is 0.533. The van der Waals surface area contributed by atoms with Crippen molar-refractivity contribution in [3.8, 4) is 0 Å². The van der Waals surface area contributed by atoms with Crippen LogP contribution in [0, 0.1) is 5.92 Å². The molecule has 1 amide bonds. The summed E-state index contributed by atoms with van der Waals surface area (Å²) in [7, 11) is 1.90. The van der Waals surface area contributed by atoms with Gasteiger partial charge in [-0.2, -0.15) is 0 Å². The van der Waals surface area contributed by atoms with E-state index in [1.54, 1.807) is 0 Å². The highest BCUT2D eigenvalue weighted by molar-refractivity contribution is 5.77. The molecule has 20 heavy (non-hydrogen) atoms. The fraction of sp³-hybridized carbons (Fsp3) is 0.812. The molecule has 0 aromatic carbocycles. The van der Waals surface area contributed by atoms with Gasteiger partial charge >= 0.3 is 0 Å². The Balaban J connectivity index is 1.55. The van der Waals surface area contributed by atoms with Crippen LogP contribution in [-0.2, 0) is 4.79 Å². The van der Waals surface area contributed by atoms with Crippen LogP contribution in [0.25, 0.3) is 0 Å². The fourth-order valence-corrected chi connectivity index (χ4v) is 2.81. The van der Waals surface area contributed by atoms with E-state index in [9.17, 15) is 9.90 Å². The van der Waals surface area contributed by atoms with Crippen LogP contribution in [0.4, 0.5) is 0 Å². The van der Waals surface area contributed by atoms with Gasteiger partial charge in [0.25, 0.3) is 0 Å². The molecule has 4 nitrogen and oxygen atoms in total. The summed E-state index contributed by atoms with van der Waals surface area (Å²) in [5.41, 5.74) is 1.49. The molecular formula is C16H28N2O2.